The molecule has 1 fully saturated rings. The Hall–Kier alpha value is -1.02. The van der Waals surface area contributed by atoms with Gasteiger partial charge in [0.25, 0.3) is 0 Å². The second kappa shape index (κ2) is 4.82. The minimum atomic E-state index is 0.481. The van der Waals surface area contributed by atoms with Gasteiger partial charge in [-0.2, -0.15) is 0 Å². The molecule has 0 radical (unpaired) electrons. The molecule has 0 spiro atoms. The first kappa shape index (κ1) is 14.4. The van der Waals surface area contributed by atoms with Crippen molar-refractivity contribution in [3.63, 3.8) is 0 Å². The first-order valence-electron chi connectivity index (χ1n) is 7.24. The molecule has 0 saturated heterocycles. The maximum absolute atomic E-state index is 3.61. The van der Waals surface area contributed by atoms with E-state index in [1.807, 2.05) is 0 Å². The van der Waals surface area contributed by atoms with Gasteiger partial charge in [0.2, 0.25) is 0 Å². The van der Waals surface area contributed by atoms with E-state index in [1.54, 1.807) is 0 Å². The zero-order valence-electron chi connectivity index (χ0n) is 13.2. The summed E-state index contributed by atoms with van der Waals surface area (Å²) in [4.78, 5) is 2.13. The van der Waals surface area contributed by atoms with Crippen LogP contribution in [-0.4, -0.2) is 20.6 Å². The van der Waals surface area contributed by atoms with Crippen LogP contribution in [0.2, 0.25) is 0 Å². The molecule has 1 aromatic carbocycles. The molecule has 106 valence electrons. The predicted octanol–water partition coefficient (Wildman–Crippen LogP) is 3.52. The second-order valence-corrected chi connectivity index (χ2v) is 7.19. The number of hydrogen-bond donors (Lipinski definition) is 1. The summed E-state index contributed by atoms with van der Waals surface area (Å²) in [6.07, 6.45) is 0. The zero-order chi connectivity index (χ0) is 14.3. The van der Waals surface area contributed by atoms with Crippen LogP contribution in [0.25, 0.3) is 0 Å². The van der Waals surface area contributed by atoms with Gasteiger partial charge in [-0.25, -0.2) is 0 Å². The van der Waals surface area contributed by atoms with E-state index in [0.29, 0.717) is 10.8 Å². The van der Waals surface area contributed by atoms with E-state index < -0.39 is 0 Å². The molecule has 1 aromatic rings. The SMILES string of the molecule is CN(C)c1ccc(CNCC2C(C)(C)C2(C)C)cc1. The summed E-state index contributed by atoms with van der Waals surface area (Å²) in [7, 11) is 4.15. The van der Waals surface area contributed by atoms with Crippen molar-refractivity contribution in [1.82, 2.24) is 5.32 Å². The molecule has 2 rings (SSSR count). The largest absolute Gasteiger partial charge is 0.378 e. The van der Waals surface area contributed by atoms with Crippen molar-refractivity contribution in [3.05, 3.63) is 29.8 Å². The molecule has 0 aromatic heterocycles. The zero-order valence-corrected chi connectivity index (χ0v) is 13.2. The summed E-state index contributed by atoms with van der Waals surface area (Å²) < 4.78 is 0. The van der Waals surface area contributed by atoms with Gasteiger partial charge in [-0.1, -0.05) is 39.8 Å². The third-order valence-electron chi connectivity index (χ3n) is 5.45. The summed E-state index contributed by atoms with van der Waals surface area (Å²) in [6, 6.07) is 8.79. The van der Waals surface area contributed by atoms with E-state index in [4.69, 9.17) is 0 Å². The maximum Gasteiger partial charge on any atom is 0.0361 e. The van der Waals surface area contributed by atoms with Crippen LogP contribution in [0.5, 0.6) is 0 Å². The highest BCUT2D eigenvalue weighted by Crippen LogP contribution is 2.67. The molecule has 1 aliphatic carbocycles. The van der Waals surface area contributed by atoms with Crippen LogP contribution in [0.15, 0.2) is 24.3 Å². The van der Waals surface area contributed by atoms with E-state index in [2.05, 4.69) is 76.3 Å². The molecule has 1 aliphatic rings. The van der Waals surface area contributed by atoms with Gasteiger partial charge in [-0.05, 0) is 41.0 Å². The Bertz CT molecular complexity index is 415. The van der Waals surface area contributed by atoms with Gasteiger partial charge >= 0.3 is 0 Å². The van der Waals surface area contributed by atoms with Crippen molar-refractivity contribution in [2.45, 2.75) is 34.2 Å². The summed E-state index contributed by atoms with van der Waals surface area (Å²) in [6.45, 7) is 11.6. The number of benzene rings is 1. The quantitative estimate of drug-likeness (QED) is 0.871. The molecule has 1 saturated carbocycles. The molecule has 1 N–H and O–H groups in total. The van der Waals surface area contributed by atoms with Crippen LogP contribution in [0.3, 0.4) is 0 Å². The lowest BCUT2D eigenvalue weighted by Crippen LogP contribution is -2.19. The molecule has 0 heterocycles. The standard InChI is InChI=1S/C17H28N2/c1-16(2)15(17(16,3)4)12-18-11-13-7-9-14(10-8-13)19(5)6/h7-10,15,18H,11-12H2,1-6H3. The number of anilines is 1. The molecule has 0 aliphatic heterocycles. The molecule has 0 atom stereocenters. The fraction of sp³-hybridized carbons (Fsp3) is 0.647. The number of nitrogens with one attached hydrogen (secondary N) is 1. The summed E-state index contributed by atoms with van der Waals surface area (Å²) in [5.74, 6) is 0.793. The molecular formula is C17H28N2. The van der Waals surface area contributed by atoms with Crippen LogP contribution in [0.1, 0.15) is 33.3 Å². The first-order chi connectivity index (χ1) is 8.76. The van der Waals surface area contributed by atoms with E-state index in [9.17, 15) is 0 Å². The molecule has 0 bridgehead atoms. The topological polar surface area (TPSA) is 15.3 Å². The van der Waals surface area contributed by atoms with Crippen LogP contribution in [0, 0.1) is 16.7 Å². The summed E-state index contributed by atoms with van der Waals surface area (Å²) in [5.41, 5.74) is 3.58. The van der Waals surface area contributed by atoms with Gasteiger partial charge in [0.1, 0.15) is 0 Å². The minimum absolute atomic E-state index is 0.481. The van der Waals surface area contributed by atoms with Crippen LogP contribution < -0.4 is 10.2 Å². The van der Waals surface area contributed by atoms with E-state index in [-0.39, 0.29) is 0 Å². The maximum atomic E-state index is 3.61. The highest BCUT2D eigenvalue weighted by molar-refractivity contribution is 5.45. The summed E-state index contributed by atoms with van der Waals surface area (Å²) >= 11 is 0. The Morgan fingerprint density at radius 3 is 1.95 bits per heavy atom. The smallest absolute Gasteiger partial charge is 0.0361 e. The van der Waals surface area contributed by atoms with Crippen LogP contribution in [-0.2, 0) is 6.54 Å². The lowest BCUT2D eigenvalue weighted by Gasteiger charge is -2.13. The monoisotopic (exact) mass is 260 g/mol. The van der Waals surface area contributed by atoms with Crippen molar-refractivity contribution in [2.24, 2.45) is 16.7 Å². The average Bonchev–Trinajstić information content (AvgIpc) is 2.72. The first-order valence-corrected chi connectivity index (χ1v) is 7.24. The van der Waals surface area contributed by atoms with E-state index >= 15 is 0 Å². The molecule has 0 amide bonds. The fourth-order valence-corrected chi connectivity index (χ4v) is 3.12. The van der Waals surface area contributed by atoms with Gasteiger partial charge in [0.15, 0.2) is 0 Å². The fourth-order valence-electron chi connectivity index (χ4n) is 3.12. The Labute approximate surface area is 118 Å². The third-order valence-corrected chi connectivity index (χ3v) is 5.45. The molecule has 19 heavy (non-hydrogen) atoms. The molecule has 2 heteroatoms. The lowest BCUT2D eigenvalue weighted by atomic mass is 10.0. The third kappa shape index (κ3) is 2.64. The number of hydrogen-bond acceptors (Lipinski definition) is 2. The Morgan fingerprint density at radius 2 is 1.53 bits per heavy atom. The molecule has 2 nitrogen and oxygen atoms in total. The Balaban J connectivity index is 1.81. The lowest BCUT2D eigenvalue weighted by molar-refractivity contribution is 0.457. The van der Waals surface area contributed by atoms with Crippen molar-refractivity contribution in [1.29, 1.82) is 0 Å². The van der Waals surface area contributed by atoms with Crippen molar-refractivity contribution in [2.75, 3.05) is 25.5 Å². The predicted molar refractivity (Wildman–Crippen MR) is 83.5 cm³/mol. The molecular weight excluding hydrogens is 232 g/mol. The number of rotatable bonds is 5. The normalized spacial score (nSPS) is 20.3. The van der Waals surface area contributed by atoms with Gasteiger partial charge < -0.3 is 10.2 Å². The van der Waals surface area contributed by atoms with E-state index in [0.717, 1.165) is 19.0 Å². The van der Waals surface area contributed by atoms with Gasteiger partial charge in [-0.3, -0.25) is 0 Å². The number of nitrogens with zero attached hydrogens (tertiary/aromatic N) is 1. The van der Waals surface area contributed by atoms with Gasteiger partial charge in [0.05, 0.1) is 0 Å². The minimum Gasteiger partial charge on any atom is -0.378 e. The summed E-state index contributed by atoms with van der Waals surface area (Å²) in [5, 5.41) is 3.61. The van der Waals surface area contributed by atoms with Crippen LogP contribution in [0.4, 0.5) is 5.69 Å². The average molecular weight is 260 g/mol. The van der Waals surface area contributed by atoms with Crippen molar-refractivity contribution >= 4 is 5.69 Å². The second-order valence-electron chi connectivity index (χ2n) is 7.19. The molecule has 0 unspecified atom stereocenters. The highest BCUT2D eigenvalue weighted by atomic mass is 15.1. The van der Waals surface area contributed by atoms with Crippen molar-refractivity contribution in [3.8, 4) is 0 Å². The van der Waals surface area contributed by atoms with Gasteiger partial charge in [-0.15, -0.1) is 0 Å². The van der Waals surface area contributed by atoms with Crippen LogP contribution >= 0.6 is 0 Å². The Kier molecular flexibility index (Phi) is 3.65. The van der Waals surface area contributed by atoms with Gasteiger partial charge in [0, 0.05) is 26.3 Å². The Morgan fingerprint density at radius 1 is 1.00 bits per heavy atom. The highest BCUT2D eigenvalue weighted by Gasteiger charge is 2.63. The van der Waals surface area contributed by atoms with Crippen molar-refractivity contribution < 1.29 is 0 Å². The van der Waals surface area contributed by atoms with E-state index in [1.165, 1.54) is 11.3 Å².